The number of H-pyrrole nitrogens is 1. The molecule has 37 heavy (non-hydrogen) atoms. The summed E-state index contributed by atoms with van der Waals surface area (Å²) < 4.78 is 64.3. The van der Waals surface area contributed by atoms with Crippen LogP contribution in [0.5, 0.6) is 5.75 Å². The molecule has 0 saturated carbocycles. The van der Waals surface area contributed by atoms with Crippen LogP contribution < -0.4 is 10.8 Å². The van der Waals surface area contributed by atoms with Crippen molar-refractivity contribution >= 4 is 28.6 Å². The van der Waals surface area contributed by atoms with Crippen molar-refractivity contribution in [2.45, 2.75) is 32.0 Å². The normalized spacial score (nSPS) is 12.9. The molecule has 1 unspecified atom stereocenters. The highest BCUT2D eigenvalue weighted by Crippen LogP contribution is 2.40. The molecular formula is C23H29F3N6O4S. The number of hydrogen-bond acceptors (Lipinski definition) is 8. The predicted octanol–water partition coefficient (Wildman–Crippen LogP) is 3.89. The quantitative estimate of drug-likeness (QED) is 0.201. The summed E-state index contributed by atoms with van der Waals surface area (Å²) in [5.41, 5.74) is -1.35. The lowest BCUT2D eigenvalue weighted by Crippen LogP contribution is -2.25. The number of amides is 1. The van der Waals surface area contributed by atoms with Crippen molar-refractivity contribution in [2.75, 3.05) is 40.1 Å². The summed E-state index contributed by atoms with van der Waals surface area (Å²) in [6.07, 6.45) is -0.308. The van der Waals surface area contributed by atoms with E-state index < -0.39 is 40.1 Å². The number of phenols is 1. The van der Waals surface area contributed by atoms with Gasteiger partial charge in [0.2, 0.25) is 11.3 Å². The number of benzene rings is 1. The van der Waals surface area contributed by atoms with Crippen LogP contribution in [0.3, 0.4) is 0 Å². The minimum absolute atomic E-state index is 0.0575. The SMILES string of the molecule is CN(C)CCCCc1coc(CN=c2[nH][s+]([O-])nc2Nc2ccc(C(F)(F)F)c(C(=O)N(C)C)c2O)c1. The number of rotatable bonds is 10. The fourth-order valence-electron chi connectivity index (χ4n) is 3.52. The Balaban J connectivity index is 1.82. The predicted molar refractivity (Wildman–Crippen MR) is 131 cm³/mol. The monoisotopic (exact) mass is 542 g/mol. The number of anilines is 2. The van der Waals surface area contributed by atoms with Gasteiger partial charge < -0.3 is 29.2 Å². The topological polar surface area (TPSA) is 133 Å². The minimum atomic E-state index is -4.87. The molecule has 1 amide bonds. The van der Waals surface area contributed by atoms with Crippen LogP contribution in [0.25, 0.3) is 0 Å². The summed E-state index contributed by atoms with van der Waals surface area (Å²) in [5.74, 6) is -1.47. The molecular weight excluding hydrogens is 513 g/mol. The van der Waals surface area contributed by atoms with Crippen LogP contribution in [0.15, 0.2) is 33.9 Å². The third-order valence-electron chi connectivity index (χ3n) is 5.36. The maximum Gasteiger partial charge on any atom is 0.417 e. The van der Waals surface area contributed by atoms with Gasteiger partial charge in [-0.3, -0.25) is 9.79 Å². The van der Waals surface area contributed by atoms with E-state index in [-0.39, 0.29) is 23.5 Å². The first-order chi connectivity index (χ1) is 17.4. The smallest absolute Gasteiger partial charge is 0.417 e. The average Bonchev–Trinajstić information content (AvgIpc) is 3.40. The van der Waals surface area contributed by atoms with Gasteiger partial charge >= 0.3 is 6.18 Å². The second kappa shape index (κ2) is 11.8. The zero-order valence-corrected chi connectivity index (χ0v) is 21.7. The van der Waals surface area contributed by atoms with Crippen molar-refractivity contribution in [2.24, 2.45) is 4.99 Å². The van der Waals surface area contributed by atoms with Crippen molar-refractivity contribution < 1.29 is 32.0 Å². The lowest BCUT2D eigenvalue weighted by Gasteiger charge is -2.19. The molecule has 0 bridgehead atoms. The summed E-state index contributed by atoms with van der Waals surface area (Å²) in [4.78, 5) is 19.8. The first-order valence-electron chi connectivity index (χ1n) is 11.3. The first kappa shape index (κ1) is 28.2. The summed E-state index contributed by atoms with van der Waals surface area (Å²) in [6.45, 7) is 1.08. The highest BCUT2D eigenvalue weighted by molar-refractivity contribution is 7.13. The molecule has 0 aliphatic heterocycles. The van der Waals surface area contributed by atoms with E-state index in [2.05, 4.69) is 24.0 Å². The highest BCUT2D eigenvalue weighted by Gasteiger charge is 2.38. The molecule has 0 radical (unpaired) electrons. The van der Waals surface area contributed by atoms with E-state index in [1.165, 1.54) is 14.1 Å². The number of nitrogens with zero attached hydrogens (tertiary/aromatic N) is 4. The molecule has 202 valence electrons. The Hall–Kier alpha value is -3.36. The first-order valence-corrected chi connectivity index (χ1v) is 12.4. The Morgan fingerprint density at radius 1 is 1.27 bits per heavy atom. The number of halogens is 3. The molecule has 0 fully saturated rings. The Morgan fingerprint density at radius 3 is 2.65 bits per heavy atom. The standard InChI is InChI=1S/C23H29F3N6O4S/c1-31(2)10-6-5-7-14-11-15(36-13-14)12-27-20-21(30-37(35)29-20)28-17-9-8-16(23(24,25)26)18(19(17)33)22(34)32(3)4/h8-9,11,13,33H,5-7,10,12H2,1-4H3,(H,27,29)(H,28,30). The van der Waals surface area contributed by atoms with Gasteiger partial charge in [-0.25, -0.2) is 0 Å². The highest BCUT2D eigenvalue weighted by atomic mass is 32.2. The molecule has 0 aliphatic carbocycles. The lowest BCUT2D eigenvalue weighted by molar-refractivity contribution is -0.138. The molecule has 14 heteroatoms. The third kappa shape index (κ3) is 7.33. The second-order valence-corrected chi connectivity index (χ2v) is 9.73. The molecule has 10 nitrogen and oxygen atoms in total. The van der Waals surface area contributed by atoms with Gasteiger partial charge in [-0.2, -0.15) is 13.2 Å². The van der Waals surface area contributed by atoms with E-state index in [9.17, 15) is 27.6 Å². The van der Waals surface area contributed by atoms with Gasteiger partial charge in [0, 0.05) is 18.5 Å². The van der Waals surface area contributed by atoms with Crippen LogP contribution in [0.4, 0.5) is 24.7 Å². The molecule has 0 aliphatic rings. The van der Waals surface area contributed by atoms with Crippen LogP contribution >= 0.6 is 11.1 Å². The van der Waals surface area contributed by atoms with Gasteiger partial charge in [0.05, 0.1) is 29.6 Å². The summed E-state index contributed by atoms with van der Waals surface area (Å²) in [7, 11) is 6.58. The van der Waals surface area contributed by atoms with E-state index in [1.54, 1.807) is 6.26 Å². The maximum absolute atomic E-state index is 13.5. The third-order valence-corrected chi connectivity index (χ3v) is 6.08. The Labute approximate surface area is 214 Å². The Morgan fingerprint density at radius 2 is 2.00 bits per heavy atom. The number of aryl methyl sites for hydroxylation is 1. The zero-order valence-electron chi connectivity index (χ0n) is 20.8. The number of carbonyl (C=O) groups excluding carboxylic acids is 1. The van der Waals surface area contributed by atoms with Crippen LogP contribution in [0.1, 0.15) is 40.1 Å². The number of aromatic amines is 1. The largest absolute Gasteiger partial charge is 0.548 e. The van der Waals surface area contributed by atoms with E-state index >= 15 is 0 Å². The molecule has 3 N–H and O–H groups in total. The zero-order chi connectivity index (χ0) is 27.3. The summed E-state index contributed by atoms with van der Waals surface area (Å²) in [6, 6.07) is 3.51. The summed E-state index contributed by atoms with van der Waals surface area (Å²) in [5, 5.41) is 13.2. The van der Waals surface area contributed by atoms with E-state index in [0.717, 1.165) is 42.3 Å². The maximum atomic E-state index is 13.5. The number of nitrogens with one attached hydrogen (secondary N) is 2. The molecule has 1 atom stereocenters. The van der Waals surface area contributed by atoms with Gasteiger partial charge in [0.25, 0.3) is 5.91 Å². The Kier molecular flexibility index (Phi) is 8.99. The van der Waals surface area contributed by atoms with E-state index in [4.69, 9.17) is 4.42 Å². The molecule has 3 rings (SSSR count). The van der Waals surface area contributed by atoms with Gasteiger partial charge in [0.15, 0.2) is 16.9 Å². The van der Waals surface area contributed by atoms with Gasteiger partial charge in [-0.05, 0) is 63.7 Å². The van der Waals surface area contributed by atoms with Crippen LogP contribution in [-0.2, 0) is 19.1 Å². The van der Waals surface area contributed by atoms with Crippen molar-refractivity contribution in [1.82, 2.24) is 18.5 Å². The lowest BCUT2D eigenvalue weighted by atomic mass is 10.0. The van der Waals surface area contributed by atoms with Crippen LogP contribution in [-0.4, -0.2) is 68.8 Å². The van der Waals surface area contributed by atoms with Crippen LogP contribution in [0.2, 0.25) is 0 Å². The van der Waals surface area contributed by atoms with Crippen molar-refractivity contribution in [3.8, 4) is 5.75 Å². The fraction of sp³-hybridized carbons (Fsp3) is 0.435. The number of alkyl halides is 3. The molecule has 1 aromatic carbocycles. The van der Waals surface area contributed by atoms with Crippen LogP contribution in [0, 0.1) is 0 Å². The average molecular weight is 543 g/mol. The van der Waals surface area contributed by atoms with Gasteiger partial charge in [0.1, 0.15) is 5.76 Å². The van der Waals surface area contributed by atoms with Gasteiger partial charge in [-0.1, -0.05) is 0 Å². The molecule has 0 saturated heterocycles. The van der Waals surface area contributed by atoms with Crippen molar-refractivity contribution in [3.05, 3.63) is 52.4 Å². The molecule has 2 aromatic heterocycles. The number of unbranched alkanes of at least 4 members (excludes halogenated alkanes) is 1. The number of phenolic OH excluding ortho intramolecular Hbond substituents is 1. The van der Waals surface area contributed by atoms with E-state index in [1.807, 2.05) is 20.2 Å². The molecule has 0 spiro atoms. The van der Waals surface area contributed by atoms with Crippen molar-refractivity contribution in [1.29, 1.82) is 0 Å². The number of hydrogen-bond donors (Lipinski definition) is 3. The van der Waals surface area contributed by atoms with E-state index in [0.29, 0.717) is 11.8 Å². The van der Waals surface area contributed by atoms with Gasteiger partial charge in [-0.15, -0.1) is 4.37 Å². The molecule has 2 heterocycles. The number of aromatic hydroxyl groups is 1. The minimum Gasteiger partial charge on any atom is -0.548 e. The Bertz CT molecular complexity index is 1300. The number of furan rings is 1. The number of carbonyl (C=O) groups is 1. The number of aromatic nitrogens is 2. The molecule has 3 aromatic rings. The second-order valence-electron chi connectivity index (χ2n) is 8.84. The summed E-state index contributed by atoms with van der Waals surface area (Å²) >= 11 is -1.89. The van der Waals surface area contributed by atoms with Crippen molar-refractivity contribution in [3.63, 3.8) is 0 Å². The fourth-order valence-corrected chi connectivity index (χ4v) is 4.19.